The molecule has 0 N–H and O–H groups in total. The van der Waals surface area contributed by atoms with E-state index in [4.69, 9.17) is 15.0 Å². The minimum Gasteiger partial charge on any atom is -0.292 e. The summed E-state index contributed by atoms with van der Waals surface area (Å²) in [5.41, 5.74) is 7.48. The van der Waals surface area contributed by atoms with E-state index in [-0.39, 0.29) is 5.92 Å². The summed E-state index contributed by atoms with van der Waals surface area (Å²) in [6.45, 7) is 2.21. The second kappa shape index (κ2) is 10.8. The van der Waals surface area contributed by atoms with E-state index >= 15 is 0 Å². The van der Waals surface area contributed by atoms with Gasteiger partial charge in [0, 0.05) is 33.9 Å². The van der Waals surface area contributed by atoms with E-state index in [2.05, 4.69) is 77.2 Å². The molecule has 2 unspecified atom stereocenters. The standard InChI is InChI=1S/C42H28N6/c1-42-23-7-6-14-32(42)31(25-43)27-11-2-3-13-30(27)41(42)37-19-9-17-34(46-37)33-15-8-16-35(45-33)36-18-10-21-40(47-36)48-38-20-5-4-12-28(38)29-22-24-44-26-39(29)48/h2-24,26,32H,1H3. The fourth-order valence-electron chi connectivity index (χ4n) is 7.50. The van der Waals surface area contributed by atoms with Gasteiger partial charge in [-0.1, -0.05) is 91.9 Å². The highest BCUT2D eigenvalue weighted by Gasteiger charge is 2.42. The van der Waals surface area contributed by atoms with Crippen LogP contribution < -0.4 is 10.4 Å². The maximum absolute atomic E-state index is 10.2. The number of hydrogen-bond acceptors (Lipinski definition) is 5. The minimum absolute atomic E-state index is 0.0759. The number of aromatic nitrogens is 5. The topological polar surface area (TPSA) is 80.3 Å². The predicted molar refractivity (Wildman–Crippen MR) is 190 cm³/mol. The van der Waals surface area contributed by atoms with Gasteiger partial charge in [-0.3, -0.25) is 9.55 Å². The van der Waals surface area contributed by atoms with Crippen LogP contribution in [-0.4, -0.2) is 24.5 Å². The van der Waals surface area contributed by atoms with Gasteiger partial charge in [-0.05, 0) is 64.5 Å². The molecule has 0 fully saturated rings. The molecule has 0 saturated heterocycles. The average Bonchev–Trinajstić information content (AvgIpc) is 3.48. The predicted octanol–water partition coefficient (Wildman–Crippen LogP) is 7.33. The molecule has 0 saturated carbocycles. The highest BCUT2D eigenvalue weighted by atomic mass is 15.1. The molecule has 2 aromatic carbocycles. The molecule has 2 atom stereocenters. The quantitative estimate of drug-likeness (QED) is 0.207. The molecule has 2 aliphatic rings. The molecule has 0 aliphatic heterocycles. The van der Waals surface area contributed by atoms with Gasteiger partial charge in [0.25, 0.3) is 0 Å². The first-order chi connectivity index (χ1) is 23.6. The van der Waals surface area contributed by atoms with Gasteiger partial charge in [0.1, 0.15) is 5.82 Å². The van der Waals surface area contributed by atoms with Crippen molar-refractivity contribution < 1.29 is 0 Å². The summed E-state index contributed by atoms with van der Waals surface area (Å²) in [5, 5.41) is 14.5. The molecule has 0 spiro atoms. The lowest BCUT2D eigenvalue weighted by Crippen LogP contribution is -2.44. The first kappa shape index (κ1) is 27.8. The Morgan fingerprint density at radius 3 is 2.08 bits per heavy atom. The van der Waals surface area contributed by atoms with E-state index in [9.17, 15) is 5.26 Å². The van der Waals surface area contributed by atoms with E-state index in [0.717, 1.165) is 77.7 Å². The first-order valence-electron chi connectivity index (χ1n) is 16.0. The van der Waals surface area contributed by atoms with Crippen LogP contribution in [-0.2, 0) is 0 Å². The normalized spacial score (nSPS) is 18.1. The van der Waals surface area contributed by atoms with Gasteiger partial charge in [-0.2, -0.15) is 5.26 Å². The number of nitrogens with zero attached hydrogens (tertiary/aromatic N) is 6. The van der Waals surface area contributed by atoms with Crippen LogP contribution in [0.25, 0.3) is 61.5 Å². The largest absolute Gasteiger partial charge is 0.292 e. The van der Waals surface area contributed by atoms with Crippen LogP contribution in [0.3, 0.4) is 0 Å². The SMILES string of the molecule is CC12C=CC=CC1C(C#N)=c1ccccc1=C2c1cccc(-c2cccc(-c3cccc(-n4c5ccccc5c5ccncc54)n3)n2)n1. The molecule has 0 bridgehead atoms. The summed E-state index contributed by atoms with van der Waals surface area (Å²) >= 11 is 0. The molecule has 226 valence electrons. The van der Waals surface area contributed by atoms with Crippen molar-refractivity contribution in [1.82, 2.24) is 24.5 Å². The average molecular weight is 617 g/mol. The van der Waals surface area contributed by atoms with Crippen LogP contribution >= 0.6 is 0 Å². The highest BCUT2D eigenvalue weighted by Crippen LogP contribution is 2.47. The van der Waals surface area contributed by atoms with Crippen molar-refractivity contribution >= 4 is 33.0 Å². The van der Waals surface area contributed by atoms with Crippen molar-refractivity contribution in [3.63, 3.8) is 0 Å². The number of benzene rings is 2. The summed E-state index contributed by atoms with van der Waals surface area (Å²) in [5.74, 6) is 0.727. The van der Waals surface area contributed by atoms with Gasteiger partial charge in [-0.25, -0.2) is 15.0 Å². The van der Waals surface area contributed by atoms with Gasteiger partial charge in [0.15, 0.2) is 0 Å². The minimum atomic E-state index is -0.429. The zero-order chi connectivity index (χ0) is 32.2. The number of fused-ring (bicyclic) bond motifs is 5. The Hall–Kier alpha value is -6.45. The third-order valence-corrected chi connectivity index (χ3v) is 9.68. The van der Waals surface area contributed by atoms with E-state index in [1.807, 2.05) is 91.3 Å². The summed E-state index contributed by atoms with van der Waals surface area (Å²) < 4.78 is 2.16. The Morgan fingerprint density at radius 1 is 0.646 bits per heavy atom. The van der Waals surface area contributed by atoms with E-state index < -0.39 is 5.41 Å². The maximum Gasteiger partial charge on any atom is 0.138 e. The molecule has 5 heterocycles. The third kappa shape index (κ3) is 4.18. The van der Waals surface area contributed by atoms with Crippen LogP contribution in [0.2, 0.25) is 0 Å². The van der Waals surface area contributed by atoms with Gasteiger partial charge in [-0.15, -0.1) is 0 Å². The zero-order valence-electron chi connectivity index (χ0n) is 26.1. The fraction of sp³-hybridized carbons (Fsp3) is 0.0714. The number of pyridine rings is 4. The van der Waals surface area contributed by atoms with E-state index in [1.165, 1.54) is 0 Å². The Balaban J connectivity index is 1.16. The summed E-state index contributed by atoms with van der Waals surface area (Å²) in [4.78, 5) is 19.8. The van der Waals surface area contributed by atoms with Crippen LogP contribution in [0.4, 0.5) is 0 Å². The van der Waals surface area contributed by atoms with Crippen molar-refractivity contribution in [2.75, 3.05) is 0 Å². The summed E-state index contributed by atoms with van der Waals surface area (Å²) in [6, 6.07) is 39.3. The van der Waals surface area contributed by atoms with Crippen molar-refractivity contribution in [3.05, 3.63) is 162 Å². The molecule has 9 rings (SSSR count). The molecule has 6 nitrogen and oxygen atoms in total. The Kier molecular flexibility index (Phi) is 6.28. The molecular weight excluding hydrogens is 589 g/mol. The lowest BCUT2D eigenvalue weighted by molar-refractivity contribution is 0.479. The van der Waals surface area contributed by atoms with Crippen LogP contribution in [0.1, 0.15) is 12.6 Å². The smallest absolute Gasteiger partial charge is 0.138 e. The summed E-state index contributed by atoms with van der Waals surface area (Å²) in [6.07, 6.45) is 12.2. The number of para-hydroxylation sites is 1. The van der Waals surface area contributed by atoms with Gasteiger partial charge in [0.05, 0.1) is 51.8 Å². The number of hydrogen-bond donors (Lipinski definition) is 0. The number of allylic oxidation sites excluding steroid dienone is 4. The van der Waals surface area contributed by atoms with Crippen LogP contribution in [0.5, 0.6) is 0 Å². The monoisotopic (exact) mass is 616 g/mol. The molecule has 7 aromatic rings. The second-order valence-electron chi connectivity index (χ2n) is 12.4. The molecule has 48 heavy (non-hydrogen) atoms. The lowest BCUT2D eigenvalue weighted by atomic mass is 9.62. The zero-order valence-corrected chi connectivity index (χ0v) is 26.1. The third-order valence-electron chi connectivity index (χ3n) is 9.68. The summed E-state index contributed by atoms with van der Waals surface area (Å²) in [7, 11) is 0. The Morgan fingerprint density at radius 2 is 1.29 bits per heavy atom. The van der Waals surface area contributed by atoms with Gasteiger partial charge < -0.3 is 0 Å². The van der Waals surface area contributed by atoms with E-state index in [0.29, 0.717) is 0 Å². The first-order valence-corrected chi connectivity index (χ1v) is 16.0. The highest BCUT2D eigenvalue weighted by molar-refractivity contribution is 6.08. The molecule has 5 aromatic heterocycles. The molecule has 2 aliphatic carbocycles. The van der Waals surface area contributed by atoms with Crippen LogP contribution in [0, 0.1) is 22.7 Å². The molecular formula is C42H28N6. The Labute approximate surface area is 277 Å². The molecule has 0 radical (unpaired) electrons. The van der Waals surface area contributed by atoms with Gasteiger partial charge >= 0.3 is 0 Å². The maximum atomic E-state index is 10.2. The van der Waals surface area contributed by atoms with Crippen molar-refractivity contribution in [2.24, 2.45) is 11.3 Å². The van der Waals surface area contributed by atoms with Crippen molar-refractivity contribution in [1.29, 1.82) is 5.26 Å². The van der Waals surface area contributed by atoms with Crippen LogP contribution in [0.15, 0.2) is 146 Å². The molecule has 6 heteroatoms. The van der Waals surface area contributed by atoms with Gasteiger partial charge in [0.2, 0.25) is 0 Å². The molecule has 0 amide bonds. The Bertz CT molecular complexity index is 2620. The van der Waals surface area contributed by atoms with E-state index in [1.54, 1.807) is 0 Å². The lowest BCUT2D eigenvalue weighted by Gasteiger charge is -2.40. The number of rotatable bonds is 4. The van der Waals surface area contributed by atoms with Crippen molar-refractivity contribution in [2.45, 2.75) is 6.92 Å². The van der Waals surface area contributed by atoms with Crippen molar-refractivity contribution in [3.8, 4) is 34.7 Å². The second-order valence-corrected chi connectivity index (χ2v) is 12.4. The fourth-order valence-corrected chi connectivity index (χ4v) is 7.50. The number of nitriles is 1.